The van der Waals surface area contributed by atoms with E-state index >= 15 is 0 Å². The van der Waals surface area contributed by atoms with Gasteiger partial charge in [-0.15, -0.1) is 11.3 Å². The fourth-order valence-corrected chi connectivity index (χ4v) is 4.13. The zero-order chi connectivity index (χ0) is 18.1. The van der Waals surface area contributed by atoms with Crippen LogP contribution in [0.15, 0.2) is 23.6 Å². The highest BCUT2D eigenvalue weighted by Crippen LogP contribution is 2.22. The minimum atomic E-state index is 0.0637. The molecule has 7 heteroatoms. The van der Waals surface area contributed by atoms with Gasteiger partial charge in [-0.3, -0.25) is 9.69 Å². The number of likely N-dealkylation sites (tertiary alicyclic amines) is 1. The second-order valence-electron chi connectivity index (χ2n) is 7.04. The monoisotopic (exact) mass is 369 g/mol. The number of aryl methyl sites for hydroxylation is 2. The summed E-state index contributed by atoms with van der Waals surface area (Å²) in [6.07, 6.45) is 1.74. The molecule has 136 valence electrons. The summed E-state index contributed by atoms with van der Waals surface area (Å²) in [4.78, 5) is 27.2. The smallest absolute Gasteiger partial charge is 0.229 e. The van der Waals surface area contributed by atoms with Crippen molar-refractivity contribution in [1.29, 1.82) is 0 Å². The van der Waals surface area contributed by atoms with E-state index in [-0.39, 0.29) is 11.8 Å². The summed E-state index contributed by atoms with van der Waals surface area (Å²) >= 11 is 1.48. The van der Waals surface area contributed by atoms with E-state index in [0.717, 1.165) is 55.0 Å². The number of anilines is 1. The number of carbonyl (C=O) groups excluding carboxylic acids is 1. The zero-order valence-corrected chi connectivity index (χ0v) is 15.9. The molecule has 1 saturated heterocycles. The number of nitrogens with one attached hydrogen (secondary N) is 2. The highest BCUT2D eigenvalue weighted by molar-refractivity contribution is 7.13. The van der Waals surface area contributed by atoms with Crippen molar-refractivity contribution in [3.05, 3.63) is 40.7 Å². The van der Waals surface area contributed by atoms with Crippen molar-refractivity contribution >= 4 is 33.4 Å². The molecule has 26 heavy (non-hydrogen) atoms. The molecule has 1 fully saturated rings. The minimum Gasteiger partial charge on any atom is -0.341 e. The van der Waals surface area contributed by atoms with Crippen LogP contribution in [-0.4, -0.2) is 38.8 Å². The van der Waals surface area contributed by atoms with Crippen LogP contribution in [0.3, 0.4) is 0 Å². The third-order valence-corrected chi connectivity index (χ3v) is 5.74. The second kappa shape index (κ2) is 7.17. The first kappa shape index (κ1) is 17.2. The lowest BCUT2D eigenvalue weighted by Crippen LogP contribution is -2.38. The number of piperidine rings is 1. The Morgan fingerprint density at radius 3 is 2.85 bits per heavy atom. The van der Waals surface area contributed by atoms with Gasteiger partial charge in [-0.1, -0.05) is 6.07 Å². The molecule has 1 aliphatic heterocycles. The van der Waals surface area contributed by atoms with Gasteiger partial charge in [0.15, 0.2) is 5.13 Å². The van der Waals surface area contributed by atoms with Crippen LogP contribution >= 0.6 is 11.3 Å². The molecular formula is C19H23N5OS. The fourth-order valence-electron chi connectivity index (χ4n) is 3.44. The van der Waals surface area contributed by atoms with Crippen LogP contribution in [0.5, 0.6) is 0 Å². The Bertz CT molecular complexity index is 923. The quantitative estimate of drug-likeness (QED) is 0.738. The average Bonchev–Trinajstić information content (AvgIpc) is 3.20. The standard InChI is InChI=1S/C19H23N5OS/c1-12-3-4-15-16(9-12)22-17(21-15)10-24-7-5-14(6-8-24)18(25)23-19-20-13(2)11-26-19/h3-4,9,11,14H,5-8,10H2,1-2H3,(H,21,22)(H,20,23,25). The third-order valence-electron chi connectivity index (χ3n) is 4.87. The molecule has 0 aliphatic carbocycles. The molecule has 1 aromatic carbocycles. The number of aromatic amines is 1. The van der Waals surface area contributed by atoms with Crippen molar-refractivity contribution in [2.24, 2.45) is 5.92 Å². The summed E-state index contributed by atoms with van der Waals surface area (Å²) in [5.74, 6) is 1.15. The Kier molecular flexibility index (Phi) is 4.74. The van der Waals surface area contributed by atoms with Gasteiger partial charge in [0, 0.05) is 11.3 Å². The molecule has 1 amide bonds. The number of carbonyl (C=O) groups is 1. The van der Waals surface area contributed by atoms with Gasteiger partial charge in [-0.25, -0.2) is 9.97 Å². The third kappa shape index (κ3) is 3.78. The minimum absolute atomic E-state index is 0.0637. The van der Waals surface area contributed by atoms with Crippen LogP contribution in [0.4, 0.5) is 5.13 Å². The predicted octanol–water partition coefficient (Wildman–Crippen LogP) is 3.49. The SMILES string of the molecule is Cc1ccc2nc(CN3CCC(C(=O)Nc4nc(C)cs4)CC3)[nH]c2c1. The molecule has 0 saturated carbocycles. The maximum absolute atomic E-state index is 12.4. The highest BCUT2D eigenvalue weighted by Gasteiger charge is 2.26. The van der Waals surface area contributed by atoms with E-state index in [1.165, 1.54) is 16.9 Å². The van der Waals surface area contributed by atoms with Crippen LogP contribution in [0.2, 0.25) is 0 Å². The fraction of sp³-hybridized carbons (Fsp3) is 0.421. The molecule has 2 aromatic heterocycles. The Morgan fingerprint density at radius 2 is 2.12 bits per heavy atom. The number of H-pyrrole nitrogens is 1. The molecule has 0 atom stereocenters. The summed E-state index contributed by atoms with van der Waals surface area (Å²) < 4.78 is 0. The lowest BCUT2D eigenvalue weighted by molar-refractivity contribution is -0.121. The van der Waals surface area contributed by atoms with Crippen LogP contribution in [0.25, 0.3) is 11.0 Å². The number of amides is 1. The predicted molar refractivity (Wildman–Crippen MR) is 104 cm³/mol. The van der Waals surface area contributed by atoms with Crippen molar-refractivity contribution in [3.8, 4) is 0 Å². The van der Waals surface area contributed by atoms with Gasteiger partial charge in [0.25, 0.3) is 0 Å². The molecule has 2 N–H and O–H groups in total. The van der Waals surface area contributed by atoms with Gasteiger partial charge in [-0.05, 0) is 57.5 Å². The molecule has 0 unspecified atom stereocenters. The Balaban J connectivity index is 1.32. The number of rotatable bonds is 4. The molecule has 0 spiro atoms. The van der Waals surface area contributed by atoms with Gasteiger partial charge < -0.3 is 10.3 Å². The number of benzene rings is 1. The van der Waals surface area contributed by atoms with E-state index in [9.17, 15) is 4.79 Å². The molecule has 1 aliphatic rings. The summed E-state index contributed by atoms with van der Waals surface area (Å²) in [6, 6.07) is 6.27. The Labute approximate surface area is 156 Å². The topological polar surface area (TPSA) is 73.9 Å². The largest absolute Gasteiger partial charge is 0.341 e. The van der Waals surface area contributed by atoms with Crippen LogP contribution in [0.1, 0.15) is 29.9 Å². The van der Waals surface area contributed by atoms with Crippen molar-refractivity contribution < 1.29 is 4.79 Å². The average molecular weight is 369 g/mol. The van der Waals surface area contributed by atoms with Crippen molar-refractivity contribution in [3.63, 3.8) is 0 Å². The lowest BCUT2D eigenvalue weighted by Gasteiger charge is -2.30. The van der Waals surface area contributed by atoms with Gasteiger partial charge in [-0.2, -0.15) is 0 Å². The molecule has 3 heterocycles. The number of thiazole rings is 1. The summed E-state index contributed by atoms with van der Waals surface area (Å²) in [5, 5.41) is 5.60. The van der Waals surface area contributed by atoms with Gasteiger partial charge in [0.1, 0.15) is 5.82 Å². The van der Waals surface area contributed by atoms with E-state index in [1.807, 2.05) is 12.3 Å². The Morgan fingerprint density at radius 1 is 1.31 bits per heavy atom. The molecule has 6 nitrogen and oxygen atoms in total. The van der Waals surface area contributed by atoms with E-state index in [4.69, 9.17) is 0 Å². The highest BCUT2D eigenvalue weighted by atomic mass is 32.1. The summed E-state index contributed by atoms with van der Waals surface area (Å²) in [7, 11) is 0. The number of fused-ring (bicyclic) bond motifs is 1. The first-order valence-corrected chi connectivity index (χ1v) is 9.85. The van der Waals surface area contributed by atoms with E-state index < -0.39 is 0 Å². The molecule has 0 radical (unpaired) electrons. The lowest BCUT2D eigenvalue weighted by atomic mass is 9.96. The van der Waals surface area contributed by atoms with Crippen LogP contribution < -0.4 is 5.32 Å². The normalized spacial score (nSPS) is 16.2. The Hall–Kier alpha value is -2.25. The van der Waals surface area contributed by atoms with Gasteiger partial charge in [0.05, 0.1) is 23.3 Å². The summed E-state index contributed by atoms with van der Waals surface area (Å²) in [5.41, 5.74) is 4.28. The van der Waals surface area contributed by atoms with Crippen molar-refractivity contribution in [1.82, 2.24) is 19.9 Å². The van der Waals surface area contributed by atoms with Crippen LogP contribution in [-0.2, 0) is 11.3 Å². The van der Waals surface area contributed by atoms with E-state index in [1.54, 1.807) is 0 Å². The number of hydrogen-bond acceptors (Lipinski definition) is 5. The number of nitrogens with zero attached hydrogens (tertiary/aromatic N) is 3. The van der Waals surface area contributed by atoms with E-state index in [0.29, 0.717) is 5.13 Å². The zero-order valence-electron chi connectivity index (χ0n) is 15.1. The van der Waals surface area contributed by atoms with Gasteiger partial charge >= 0.3 is 0 Å². The van der Waals surface area contributed by atoms with E-state index in [2.05, 4.69) is 50.3 Å². The maximum atomic E-state index is 12.4. The molecular weight excluding hydrogens is 346 g/mol. The number of imidazole rings is 1. The van der Waals surface area contributed by atoms with Crippen LogP contribution in [0, 0.1) is 19.8 Å². The maximum Gasteiger partial charge on any atom is 0.229 e. The molecule has 4 rings (SSSR count). The first-order valence-electron chi connectivity index (χ1n) is 8.97. The van der Waals surface area contributed by atoms with Crippen molar-refractivity contribution in [2.75, 3.05) is 18.4 Å². The number of hydrogen-bond donors (Lipinski definition) is 2. The first-order chi connectivity index (χ1) is 12.6. The molecule has 0 bridgehead atoms. The second-order valence-corrected chi connectivity index (χ2v) is 7.90. The molecule has 3 aromatic rings. The summed E-state index contributed by atoms with van der Waals surface area (Å²) in [6.45, 7) is 6.64. The van der Waals surface area contributed by atoms with Crippen molar-refractivity contribution in [2.45, 2.75) is 33.2 Å². The number of aromatic nitrogens is 3. The van der Waals surface area contributed by atoms with Gasteiger partial charge in [0.2, 0.25) is 5.91 Å².